The molecule has 0 saturated heterocycles. The molecular formula is C7H10O2. The van der Waals surface area contributed by atoms with Gasteiger partial charge in [0.15, 0.2) is 11.5 Å². The van der Waals surface area contributed by atoms with Crippen LogP contribution in [0.5, 0.6) is 0 Å². The van der Waals surface area contributed by atoms with Gasteiger partial charge in [-0.05, 0) is 18.4 Å². The molecule has 0 fully saturated rings. The highest BCUT2D eigenvalue weighted by atomic mass is 16.3. The molecule has 1 rings (SSSR count). The summed E-state index contributed by atoms with van der Waals surface area (Å²) in [7, 11) is 0. The first-order valence-corrected chi connectivity index (χ1v) is 3.06. The number of ketones is 1. The molecule has 0 aromatic carbocycles. The van der Waals surface area contributed by atoms with Gasteiger partial charge in [-0.1, -0.05) is 6.92 Å². The van der Waals surface area contributed by atoms with Crippen LogP contribution in [0.1, 0.15) is 20.3 Å². The zero-order valence-electron chi connectivity index (χ0n) is 5.64. The SMILES string of the molecule is CC1=C(O)C(=O)C[C@H]1C. The minimum Gasteiger partial charge on any atom is -0.504 e. The van der Waals surface area contributed by atoms with Gasteiger partial charge in [-0.15, -0.1) is 0 Å². The lowest BCUT2D eigenvalue weighted by molar-refractivity contribution is -0.117. The third-order valence-electron chi connectivity index (χ3n) is 1.87. The second-order valence-electron chi connectivity index (χ2n) is 2.56. The predicted octanol–water partition coefficient (Wildman–Crippen LogP) is 1.43. The van der Waals surface area contributed by atoms with E-state index in [4.69, 9.17) is 5.11 Å². The highest BCUT2D eigenvalue weighted by Crippen LogP contribution is 2.26. The summed E-state index contributed by atoms with van der Waals surface area (Å²) in [5.74, 6) is 0.125. The van der Waals surface area contributed by atoms with E-state index in [1.165, 1.54) is 0 Å². The van der Waals surface area contributed by atoms with Gasteiger partial charge in [-0.3, -0.25) is 4.79 Å². The summed E-state index contributed by atoms with van der Waals surface area (Å²) < 4.78 is 0. The smallest absolute Gasteiger partial charge is 0.197 e. The molecule has 0 unspecified atom stereocenters. The van der Waals surface area contributed by atoms with E-state index in [2.05, 4.69) is 0 Å². The molecule has 0 aromatic rings. The topological polar surface area (TPSA) is 37.3 Å². The monoisotopic (exact) mass is 126 g/mol. The van der Waals surface area contributed by atoms with E-state index in [0.29, 0.717) is 6.42 Å². The van der Waals surface area contributed by atoms with Crippen molar-refractivity contribution in [2.24, 2.45) is 5.92 Å². The average Bonchev–Trinajstić information content (AvgIpc) is 1.98. The van der Waals surface area contributed by atoms with Crippen LogP contribution in [0.2, 0.25) is 0 Å². The Labute approximate surface area is 54.2 Å². The summed E-state index contributed by atoms with van der Waals surface area (Å²) in [4.78, 5) is 10.7. The fourth-order valence-electron chi connectivity index (χ4n) is 0.981. The van der Waals surface area contributed by atoms with Crippen LogP contribution >= 0.6 is 0 Å². The van der Waals surface area contributed by atoms with E-state index in [0.717, 1.165) is 5.57 Å². The highest BCUT2D eigenvalue weighted by molar-refractivity contribution is 5.96. The first kappa shape index (κ1) is 6.33. The molecular weight excluding hydrogens is 116 g/mol. The lowest BCUT2D eigenvalue weighted by atomic mass is 10.1. The van der Waals surface area contributed by atoms with Gasteiger partial charge in [0.2, 0.25) is 0 Å². The molecule has 1 N–H and O–H groups in total. The Morgan fingerprint density at radius 1 is 1.67 bits per heavy atom. The summed E-state index contributed by atoms with van der Waals surface area (Å²) in [5, 5.41) is 8.97. The summed E-state index contributed by atoms with van der Waals surface area (Å²) in [6, 6.07) is 0. The predicted molar refractivity (Wildman–Crippen MR) is 34.1 cm³/mol. The van der Waals surface area contributed by atoms with Crippen LogP contribution in [-0.4, -0.2) is 10.9 Å². The highest BCUT2D eigenvalue weighted by Gasteiger charge is 2.25. The molecule has 50 valence electrons. The Morgan fingerprint density at radius 3 is 2.33 bits per heavy atom. The molecule has 0 radical (unpaired) electrons. The van der Waals surface area contributed by atoms with Gasteiger partial charge in [-0.25, -0.2) is 0 Å². The molecule has 1 aliphatic rings. The number of hydrogen-bond acceptors (Lipinski definition) is 2. The lowest BCUT2D eigenvalue weighted by Crippen LogP contribution is -1.94. The van der Waals surface area contributed by atoms with Gasteiger partial charge >= 0.3 is 0 Å². The van der Waals surface area contributed by atoms with Crippen LogP contribution in [0.4, 0.5) is 0 Å². The van der Waals surface area contributed by atoms with Gasteiger partial charge in [0.05, 0.1) is 0 Å². The van der Waals surface area contributed by atoms with Crippen molar-refractivity contribution < 1.29 is 9.90 Å². The third kappa shape index (κ3) is 0.846. The summed E-state index contributed by atoms with van der Waals surface area (Å²) in [5.41, 5.74) is 0.833. The van der Waals surface area contributed by atoms with E-state index >= 15 is 0 Å². The van der Waals surface area contributed by atoms with Crippen molar-refractivity contribution >= 4 is 5.78 Å². The zero-order chi connectivity index (χ0) is 7.02. The number of carbonyl (C=O) groups is 1. The Balaban J connectivity index is 2.92. The molecule has 9 heavy (non-hydrogen) atoms. The van der Waals surface area contributed by atoms with Crippen LogP contribution < -0.4 is 0 Å². The van der Waals surface area contributed by atoms with Crippen molar-refractivity contribution in [2.75, 3.05) is 0 Å². The number of hydrogen-bond donors (Lipinski definition) is 1. The van der Waals surface area contributed by atoms with Gasteiger partial charge in [0.1, 0.15) is 0 Å². The molecule has 0 aromatic heterocycles. The number of rotatable bonds is 0. The average molecular weight is 126 g/mol. The van der Waals surface area contributed by atoms with Crippen molar-refractivity contribution in [1.29, 1.82) is 0 Å². The summed E-state index contributed by atoms with van der Waals surface area (Å²) in [6.45, 7) is 3.74. The first-order valence-electron chi connectivity index (χ1n) is 3.06. The normalized spacial score (nSPS) is 27.8. The Bertz CT molecular complexity index is 179. The second-order valence-corrected chi connectivity index (χ2v) is 2.56. The molecule has 0 spiro atoms. The van der Waals surface area contributed by atoms with E-state index in [1.807, 2.05) is 6.92 Å². The third-order valence-corrected chi connectivity index (χ3v) is 1.87. The fourth-order valence-corrected chi connectivity index (χ4v) is 0.981. The van der Waals surface area contributed by atoms with Gasteiger partial charge in [-0.2, -0.15) is 0 Å². The number of aliphatic hydroxyl groups excluding tert-OH is 1. The van der Waals surface area contributed by atoms with E-state index < -0.39 is 0 Å². The minimum atomic E-state index is -0.111. The molecule has 2 nitrogen and oxygen atoms in total. The number of Topliss-reactive ketones (excluding diaryl/α,β-unsaturated/α-hetero) is 1. The second kappa shape index (κ2) is 1.87. The van der Waals surface area contributed by atoms with Crippen LogP contribution in [-0.2, 0) is 4.79 Å². The fraction of sp³-hybridized carbons (Fsp3) is 0.571. The molecule has 1 atom stereocenters. The van der Waals surface area contributed by atoms with Crippen LogP contribution in [0.3, 0.4) is 0 Å². The van der Waals surface area contributed by atoms with Crippen molar-refractivity contribution in [3.05, 3.63) is 11.3 Å². The minimum absolute atomic E-state index is 0.0116. The molecule has 0 saturated carbocycles. The Kier molecular flexibility index (Phi) is 1.31. The molecule has 0 bridgehead atoms. The lowest BCUT2D eigenvalue weighted by Gasteiger charge is -1.97. The maximum atomic E-state index is 10.7. The quantitative estimate of drug-likeness (QED) is 0.533. The van der Waals surface area contributed by atoms with Crippen molar-refractivity contribution in [1.82, 2.24) is 0 Å². The number of carbonyl (C=O) groups excluding carboxylic acids is 1. The maximum Gasteiger partial charge on any atom is 0.197 e. The van der Waals surface area contributed by atoms with Crippen LogP contribution in [0.15, 0.2) is 11.3 Å². The number of aliphatic hydroxyl groups is 1. The van der Waals surface area contributed by atoms with Gasteiger partial charge in [0, 0.05) is 6.42 Å². The van der Waals surface area contributed by atoms with Crippen LogP contribution in [0, 0.1) is 5.92 Å². The van der Waals surface area contributed by atoms with Gasteiger partial charge in [0.25, 0.3) is 0 Å². The largest absolute Gasteiger partial charge is 0.504 e. The van der Waals surface area contributed by atoms with Crippen molar-refractivity contribution in [3.8, 4) is 0 Å². The first-order chi connectivity index (χ1) is 4.13. The molecule has 0 amide bonds. The standard InChI is InChI=1S/C7H10O2/c1-4-3-6(8)7(9)5(4)2/h4,9H,3H2,1-2H3/t4-/m1/s1. The van der Waals surface area contributed by atoms with E-state index in [-0.39, 0.29) is 17.5 Å². The molecule has 1 aliphatic carbocycles. The Morgan fingerprint density at radius 2 is 2.22 bits per heavy atom. The van der Waals surface area contributed by atoms with Crippen molar-refractivity contribution in [2.45, 2.75) is 20.3 Å². The van der Waals surface area contributed by atoms with Gasteiger partial charge < -0.3 is 5.11 Å². The summed E-state index contributed by atoms with van der Waals surface area (Å²) in [6.07, 6.45) is 0.484. The molecule has 0 aliphatic heterocycles. The molecule has 0 heterocycles. The van der Waals surface area contributed by atoms with Crippen molar-refractivity contribution in [3.63, 3.8) is 0 Å². The maximum absolute atomic E-state index is 10.7. The summed E-state index contributed by atoms with van der Waals surface area (Å²) >= 11 is 0. The number of allylic oxidation sites excluding steroid dienone is 2. The zero-order valence-corrected chi connectivity index (χ0v) is 5.64. The molecule has 2 heteroatoms. The van der Waals surface area contributed by atoms with E-state index in [9.17, 15) is 4.79 Å². The van der Waals surface area contributed by atoms with Crippen LogP contribution in [0.25, 0.3) is 0 Å². The Hall–Kier alpha value is -0.790. The van der Waals surface area contributed by atoms with E-state index in [1.54, 1.807) is 6.92 Å².